The van der Waals surface area contributed by atoms with Crippen molar-refractivity contribution in [3.63, 3.8) is 0 Å². The Morgan fingerprint density at radius 3 is 2.52 bits per heavy atom. The van der Waals surface area contributed by atoms with Crippen LogP contribution in [0.2, 0.25) is 0 Å². The van der Waals surface area contributed by atoms with Gasteiger partial charge in [0.05, 0.1) is 32.1 Å². The van der Waals surface area contributed by atoms with E-state index < -0.39 is 0 Å². The molecule has 0 saturated carbocycles. The fourth-order valence-corrected chi connectivity index (χ4v) is 1.95. The first kappa shape index (κ1) is 17.8. The maximum atomic E-state index is 11.8. The van der Waals surface area contributed by atoms with Gasteiger partial charge in [-0.1, -0.05) is 5.16 Å². The molecule has 25 heavy (non-hydrogen) atoms. The van der Waals surface area contributed by atoms with E-state index in [1.54, 1.807) is 56.7 Å². The number of methoxy groups -OCH3 is 2. The molecule has 2 aromatic rings. The molecule has 0 aromatic heterocycles. The summed E-state index contributed by atoms with van der Waals surface area (Å²) in [6, 6.07) is 13.8. The van der Waals surface area contributed by atoms with Crippen LogP contribution in [0.25, 0.3) is 0 Å². The molecular formula is C18H17N3O4. The van der Waals surface area contributed by atoms with E-state index >= 15 is 0 Å². The third-order valence-electron chi connectivity index (χ3n) is 3.18. The lowest BCUT2D eigenvalue weighted by Gasteiger charge is -2.07. The molecular weight excluding hydrogens is 322 g/mol. The highest BCUT2D eigenvalue weighted by atomic mass is 16.6. The molecule has 7 heteroatoms. The molecule has 0 radical (unpaired) electrons. The minimum absolute atomic E-state index is 0.232. The number of hydrogen-bond donors (Lipinski definition) is 1. The maximum Gasteiger partial charge on any atom is 0.265 e. The third-order valence-corrected chi connectivity index (χ3v) is 3.18. The highest BCUT2D eigenvalue weighted by Gasteiger charge is 2.04. The Morgan fingerprint density at radius 2 is 1.88 bits per heavy atom. The topological polar surface area (TPSA) is 92.9 Å². The van der Waals surface area contributed by atoms with Gasteiger partial charge in [0.25, 0.3) is 5.91 Å². The Morgan fingerprint density at radius 1 is 1.16 bits per heavy atom. The van der Waals surface area contributed by atoms with Gasteiger partial charge in [-0.15, -0.1) is 0 Å². The number of amides is 1. The molecule has 1 N–H and O–H groups in total. The molecule has 0 aliphatic heterocycles. The van der Waals surface area contributed by atoms with Crippen molar-refractivity contribution >= 4 is 17.8 Å². The van der Waals surface area contributed by atoms with Crippen molar-refractivity contribution in [2.24, 2.45) is 5.16 Å². The molecule has 0 atom stereocenters. The molecule has 0 spiro atoms. The van der Waals surface area contributed by atoms with E-state index in [1.807, 2.05) is 6.07 Å². The van der Waals surface area contributed by atoms with E-state index in [1.165, 1.54) is 6.21 Å². The van der Waals surface area contributed by atoms with Crippen molar-refractivity contribution in [2.45, 2.75) is 0 Å². The summed E-state index contributed by atoms with van der Waals surface area (Å²) in [5, 5.41) is 15.1. The third kappa shape index (κ3) is 5.25. The highest BCUT2D eigenvalue weighted by Crippen LogP contribution is 2.26. The summed E-state index contributed by atoms with van der Waals surface area (Å²) >= 11 is 0. The number of hydrogen-bond acceptors (Lipinski definition) is 6. The Balaban J connectivity index is 1.84. The van der Waals surface area contributed by atoms with Gasteiger partial charge in [0.2, 0.25) is 0 Å². The summed E-state index contributed by atoms with van der Waals surface area (Å²) in [7, 11) is 3.10. The van der Waals surface area contributed by atoms with E-state index in [9.17, 15) is 4.79 Å². The van der Waals surface area contributed by atoms with Crippen molar-refractivity contribution < 1.29 is 19.1 Å². The maximum absolute atomic E-state index is 11.8. The molecule has 0 unspecified atom stereocenters. The van der Waals surface area contributed by atoms with E-state index in [-0.39, 0.29) is 12.5 Å². The van der Waals surface area contributed by atoms with Crippen molar-refractivity contribution in [3.8, 4) is 17.6 Å². The Bertz CT molecular complexity index is 795. The zero-order valence-corrected chi connectivity index (χ0v) is 13.9. The molecule has 2 aromatic carbocycles. The van der Waals surface area contributed by atoms with Crippen LogP contribution in [0.1, 0.15) is 11.1 Å². The minimum atomic E-state index is -0.353. The number of carbonyl (C=O) groups excluding carboxylic acids is 1. The van der Waals surface area contributed by atoms with Crippen LogP contribution in [-0.2, 0) is 9.63 Å². The molecule has 0 bridgehead atoms. The Hall–Kier alpha value is -3.53. The van der Waals surface area contributed by atoms with E-state index in [4.69, 9.17) is 19.6 Å². The number of rotatable bonds is 7. The Labute approximate surface area is 145 Å². The van der Waals surface area contributed by atoms with Gasteiger partial charge in [-0.05, 0) is 42.5 Å². The normalized spacial score (nSPS) is 10.1. The smallest absolute Gasteiger partial charge is 0.265 e. The van der Waals surface area contributed by atoms with Gasteiger partial charge in [-0.3, -0.25) is 4.79 Å². The number of benzene rings is 2. The quantitative estimate of drug-likeness (QED) is 0.618. The van der Waals surface area contributed by atoms with Gasteiger partial charge in [0, 0.05) is 11.3 Å². The predicted molar refractivity (Wildman–Crippen MR) is 92.9 cm³/mol. The monoisotopic (exact) mass is 339 g/mol. The lowest BCUT2D eigenvalue weighted by molar-refractivity contribution is -0.120. The summed E-state index contributed by atoms with van der Waals surface area (Å²) in [5.74, 6) is 0.835. The summed E-state index contributed by atoms with van der Waals surface area (Å²) in [6.45, 7) is -0.232. The second-order valence-corrected chi connectivity index (χ2v) is 4.86. The van der Waals surface area contributed by atoms with Crippen LogP contribution in [0.4, 0.5) is 5.69 Å². The zero-order chi connectivity index (χ0) is 18.1. The summed E-state index contributed by atoms with van der Waals surface area (Å²) in [4.78, 5) is 16.7. The largest absolute Gasteiger partial charge is 0.493 e. The van der Waals surface area contributed by atoms with Gasteiger partial charge in [-0.25, -0.2) is 0 Å². The average Bonchev–Trinajstić information content (AvgIpc) is 2.65. The number of nitrogens with one attached hydrogen (secondary N) is 1. The summed E-state index contributed by atoms with van der Waals surface area (Å²) in [5.41, 5.74) is 1.84. The molecule has 128 valence electrons. The molecule has 7 nitrogen and oxygen atoms in total. The van der Waals surface area contributed by atoms with Crippen LogP contribution in [0.15, 0.2) is 47.6 Å². The Kier molecular flexibility index (Phi) is 6.37. The van der Waals surface area contributed by atoms with E-state index in [2.05, 4.69) is 10.5 Å². The fraction of sp³-hybridized carbons (Fsp3) is 0.167. The number of nitriles is 1. The number of nitrogens with zero attached hydrogens (tertiary/aromatic N) is 2. The molecule has 1 amide bonds. The van der Waals surface area contributed by atoms with Gasteiger partial charge >= 0.3 is 0 Å². The van der Waals surface area contributed by atoms with Crippen molar-refractivity contribution in [1.82, 2.24) is 0 Å². The van der Waals surface area contributed by atoms with E-state index in [0.29, 0.717) is 22.7 Å². The van der Waals surface area contributed by atoms with Crippen LogP contribution in [0, 0.1) is 11.3 Å². The lowest BCUT2D eigenvalue weighted by Crippen LogP contribution is -2.16. The second-order valence-electron chi connectivity index (χ2n) is 4.86. The average molecular weight is 339 g/mol. The number of anilines is 1. The first-order valence-corrected chi connectivity index (χ1v) is 7.33. The molecule has 0 aliphatic rings. The lowest BCUT2D eigenvalue weighted by atomic mass is 10.2. The van der Waals surface area contributed by atoms with Crippen LogP contribution in [0.3, 0.4) is 0 Å². The zero-order valence-electron chi connectivity index (χ0n) is 13.9. The molecule has 0 aliphatic carbocycles. The van der Waals surface area contributed by atoms with E-state index in [0.717, 1.165) is 5.56 Å². The summed E-state index contributed by atoms with van der Waals surface area (Å²) < 4.78 is 10.3. The number of oxime groups is 1. The van der Waals surface area contributed by atoms with Crippen molar-refractivity contribution in [2.75, 3.05) is 26.1 Å². The van der Waals surface area contributed by atoms with Gasteiger partial charge < -0.3 is 19.6 Å². The van der Waals surface area contributed by atoms with Gasteiger partial charge in [-0.2, -0.15) is 5.26 Å². The van der Waals surface area contributed by atoms with Crippen molar-refractivity contribution in [3.05, 3.63) is 53.6 Å². The molecule has 0 fully saturated rings. The first-order valence-electron chi connectivity index (χ1n) is 7.33. The second kappa shape index (κ2) is 8.93. The van der Waals surface area contributed by atoms with Crippen LogP contribution < -0.4 is 14.8 Å². The summed E-state index contributed by atoms with van der Waals surface area (Å²) in [6.07, 6.45) is 1.47. The standard InChI is InChI=1S/C18H17N3O4/c1-23-16-8-5-14(9-17(16)24-2)11-20-25-12-18(22)21-15-6-3-13(10-19)4-7-15/h3-9,11H,12H2,1-2H3,(H,21,22)/b20-11-. The minimum Gasteiger partial charge on any atom is -0.493 e. The molecule has 0 heterocycles. The van der Waals surface area contributed by atoms with Crippen molar-refractivity contribution in [1.29, 1.82) is 5.26 Å². The highest BCUT2D eigenvalue weighted by molar-refractivity contribution is 5.91. The van der Waals surface area contributed by atoms with Gasteiger partial charge in [0.15, 0.2) is 18.1 Å². The number of ether oxygens (including phenoxy) is 2. The predicted octanol–water partition coefficient (Wildman–Crippen LogP) is 2.56. The first-order chi connectivity index (χ1) is 12.2. The molecule has 2 rings (SSSR count). The van der Waals surface area contributed by atoms with Gasteiger partial charge in [0.1, 0.15) is 0 Å². The van der Waals surface area contributed by atoms with Crippen LogP contribution in [-0.4, -0.2) is 32.9 Å². The number of carbonyl (C=O) groups is 1. The molecule has 0 saturated heterocycles. The van der Waals surface area contributed by atoms with Crippen LogP contribution >= 0.6 is 0 Å². The SMILES string of the molecule is COc1ccc(/C=N\OCC(=O)Nc2ccc(C#N)cc2)cc1OC. The van der Waals surface area contributed by atoms with Crippen LogP contribution in [0.5, 0.6) is 11.5 Å². The fourth-order valence-electron chi connectivity index (χ4n) is 1.95.